The molecule has 3 heterocycles. The number of piperidine rings is 1. The summed E-state index contributed by atoms with van der Waals surface area (Å²) in [7, 11) is 0. The highest BCUT2D eigenvalue weighted by atomic mass is 16.2. The molecule has 1 fully saturated rings. The number of nitrogens with zero attached hydrogens (tertiary/aromatic N) is 4. The molecule has 0 saturated carbocycles. The van der Waals surface area contributed by atoms with Crippen LogP contribution >= 0.6 is 0 Å². The van der Waals surface area contributed by atoms with Gasteiger partial charge in [-0.3, -0.25) is 14.2 Å². The Morgan fingerprint density at radius 1 is 0.971 bits per heavy atom. The lowest BCUT2D eigenvalue weighted by Gasteiger charge is -2.32. The summed E-state index contributed by atoms with van der Waals surface area (Å²) in [6.07, 6.45) is 2.46. The van der Waals surface area contributed by atoms with Gasteiger partial charge in [-0.15, -0.1) is 0 Å². The first-order chi connectivity index (χ1) is 17.1. The third-order valence-electron chi connectivity index (χ3n) is 6.49. The van der Waals surface area contributed by atoms with E-state index in [4.69, 9.17) is 4.98 Å². The van der Waals surface area contributed by atoms with E-state index in [9.17, 15) is 9.59 Å². The van der Waals surface area contributed by atoms with Gasteiger partial charge in [-0.2, -0.15) is 0 Å². The molecule has 0 bridgehead atoms. The number of hydrogen-bond donors (Lipinski definition) is 1. The largest absolute Gasteiger partial charge is 0.342 e. The van der Waals surface area contributed by atoms with Crippen LogP contribution in [0.1, 0.15) is 30.8 Å². The van der Waals surface area contributed by atoms with Crippen LogP contribution in [-0.4, -0.2) is 44.3 Å². The molecule has 1 unspecified atom stereocenters. The summed E-state index contributed by atoms with van der Waals surface area (Å²) < 4.78 is 2.13. The molecule has 4 aromatic rings. The van der Waals surface area contributed by atoms with Crippen molar-refractivity contribution in [1.29, 1.82) is 0 Å². The number of benzene rings is 2. The standard InChI is InChI=1S/C28H29N5O2/c1-20-9-7-15-25(29-20)31-28(35)21-10-8-18-32(19-21)27(34)17-16-26-30-23-13-5-6-14-24(23)33(26)22-11-3-2-4-12-22/h2-7,9,11-15,21H,8,10,16-19H2,1H3,(H,29,31,35). The Kier molecular flexibility index (Phi) is 6.57. The molecule has 7 heteroatoms. The first kappa shape index (κ1) is 22.8. The fraction of sp³-hybridized carbons (Fsp3) is 0.286. The van der Waals surface area contributed by atoms with Gasteiger partial charge in [0.1, 0.15) is 11.6 Å². The first-order valence-corrected chi connectivity index (χ1v) is 12.1. The summed E-state index contributed by atoms with van der Waals surface area (Å²) in [5.74, 6) is 1.17. The van der Waals surface area contributed by atoms with Gasteiger partial charge in [-0.1, -0.05) is 36.4 Å². The number of carbonyl (C=O) groups excluding carboxylic acids is 2. The maximum absolute atomic E-state index is 13.2. The average Bonchev–Trinajstić information content (AvgIpc) is 3.26. The molecule has 35 heavy (non-hydrogen) atoms. The van der Waals surface area contributed by atoms with Crippen LogP contribution in [0.15, 0.2) is 72.8 Å². The van der Waals surface area contributed by atoms with Gasteiger partial charge in [-0.25, -0.2) is 9.97 Å². The zero-order valence-corrected chi connectivity index (χ0v) is 19.9. The molecule has 2 amide bonds. The lowest BCUT2D eigenvalue weighted by Crippen LogP contribution is -2.44. The van der Waals surface area contributed by atoms with E-state index in [1.807, 2.05) is 60.4 Å². The highest BCUT2D eigenvalue weighted by Crippen LogP contribution is 2.24. The molecule has 1 aliphatic rings. The zero-order valence-electron chi connectivity index (χ0n) is 19.9. The number of imidazole rings is 1. The van der Waals surface area contributed by atoms with Gasteiger partial charge in [-0.05, 0) is 56.2 Å². The number of hydrogen-bond acceptors (Lipinski definition) is 4. The maximum atomic E-state index is 13.2. The minimum atomic E-state index is -0.232. The van der Waals surface area contributed by atoms with E-state index < -0.39 is 0 Å². The van der Waals surface area contributed by atoms with Gasteiger partial charge in [0, 0.05) is 37.3 Å². The number of amides is 2. The predicted octanol–water partition coefficient (Wildman–Crippen LogP) is 4.54. The minimum Gasteiger partial charge on any atom is -0.342 e. The molecular formula is C28H29N5O2. The number of anilines is 1. The molecule has 1 saturated heterocycles. The Morgan fingerprint density at radius 3 is 2.60 bits per heavy atom. The van der Waals surface area contributed by atoms with Crippen LogP contribution in [0.2, 0.25) is 0 Å². The fourth-order valence-electron chi connectivity index (χ4n) is 4.74. The second kappa shape index (κ2) is 10.1. The number of aryl methyl sites for hydroxylation is 2. The summed E-state index contributed by atoms with van der Waals surface area (Å²) in [6.45, 7) is 3.01. The van der Waals surface area contributed by atoms with Crippen molar-refractivity contribution in [3.8, 4) is 5.69 Å². The van der Waals surface area contributed by atoms with Gasteiger partial charge in [0.2, 0.25) is 11.8 Å². The summed E-state index contributed by atoms with van der Waals surface area (Å²) in [5.41, 5.74) is 3.83. The quantitative estimate of drug-likeness (QED) is 0.452. The molecule has 2 aromatic heterocycles. The molecule has 1 atom stereocenters. The minimum absolute atomic E-state index is 0.0582. The summed E-state index contributed by atoms with van der Waals surface area (Å²) in [4.78, 5) is 37.0. The monoisotopic (exact) mass is 467 g/mol. The average molecular weight is 468 g/mol. The number of rotatable bonds is 6. The van der Waals surface area contributed by atoms with Gasteiger partial charge in [0.15, 0.2) is 0 Å². The molecule has 178 valence electrons. The van der Waals surface area contributed by atoms with E-state index in [0.29, 0.717) is 31.7 Å². The van der Waals surface area contributed by atoms with Crippen molar-refractivity contribution in [2.45, 2.75) is 32.6 Å². The van der Waals surface area contributed by atoms with Crippen LogP contribution in [-0.2, 0) is 16.0 Å². The molecule has 5 rings (SSSR count). The highest BCUT2D eigenvalue weighted by Gasteiger charge is 2.29. The van der Waals surface area contributed by atoms with E-state index in [1.165, 1.54) is 0 Å². The van der Waals surface area contributed by atoms with E-state index >= 15 is 0 Å². The molecular weight excluding hydrogens is 438 g/mol. The summed E-state index contributed by atoms with van der Waals surface area (Å²) >= 11 is 0. The van der Waals surface area contributed by atoms with Crippen molar-refractivity contribution in [3.05, 3.63) is 84.3 Å². The van der Waals surface area contributed by atoms with E-state index in [-0.39, 0.29) is 17.7 Å². The van der Waals surface area contributed by atoms with E-state index in [2.05, 4.69) is 33.1 Å². The van der Waals surface area contributed by atoms with Gasteiger partial charge in [0.05, 0.1) is 17.0 Å². The number of carbonyl (C=O) groups is 2. The Hall–Kier alpha value is -4.00. The third-order valence-corrected chi connectivity index (χ3v) is 6.49. The van der Waals surface area contributed by atoms with E-state index in [1.54, 1.807) is 6.07 Å². The van der Waals surface area contributed by atoms with Gasteiger partial charge in [0.25, 0.3) is 0 Å². The van der Waals surface area contributed by atoms with Crippen molar-refractivity contribution in [2.24, 2.45) is 5.92 Å². The van der Waals surface area contributed by atoms with Crippen LogP contribution in [0.4, 0.5) is 5.82 Å². The molecule has 0 radical (unpaired) electrons. The normalized spacial score (nSPS) is 15.8. The Morgan fingerprint density at radius 2 is 1.77 bits per heavy atom. The lowest BCUT2D eigenvalue weighted by atomic mass is 9.96. The molecule has 7 nitrogen and oxygen atoms in total. The Labute approximate surface area is 204 Å². The second-order valence-electron chi connectivity index (χ2n) is 9.02. The second-order valence-corrected chi connectivity index (χ2v) is 9.02. The predicted molar refractivity (Wildman–Crippen MR) is 136 cm³/mol. The van der Waals surface area contributed by atoms with Gasteiger partial charge < -0.3 is 10.2 Å². The smallest absolute Gasteiger partial charge is 0.230 e. The maximum Gasteiger partial charge on any atom is 0.230 e. The molecule has 1 aliphatic heterocycles. The molecule has 1 N–H and O–H groups in total. The topological polar surface area (TPSA) is 80.1 Å². The number of pyridine rings is 1. The van der Waals surface area contributed by atoms with Crippen LogP contribution in [0.25, 0.3) is 16.7 Å². The molecule has 0 spiro atoms. The van der Waals surface area contributed by atoms with Crippen LogP contribution in [0.3, 0.4) is 0 Å². The van der Waals surface area contributed by atoms with E-state index in [0.717, 1.165) is 41.1 Å². The van der Waals surface area contributed by atoms with Gasteiger partial charge >= 0.3 is 0 Å². The molecule has 0 aliphatic carbocycles. The number of para-hydroxylation sites is 3. The number of likely N-dealkylation sites (tertiary alicyclic amines) is 1. The van der Waals surface area contributed by atoms with Crippen molar-refractivity contribution < 1.29 is 9.59 Å². The lowest BCUT2D eigenvalue weighted by molar-refractivity contribution is -0.134. The van der Waals surface area contributed by atoms with Crippen molar-refractivity contribution in [1.82, 2.24) is 19.4 Å². The SMILES string of the molecule is Cc1cccc(NC(=O)C2CCCN(C(=O)CCc3nc4ccccc4n3-c3ccccc3)C2)n1. The van der Waals surface area contributed by atoms with Crippen molar-refractivity contribution in [3.63, 3.8) is 0 Å². The van der Waals surface area contributed by atoms with Crippen LogP contribution in [0.5, 0.6) is 0 Å². The number of nitrogens with one attached hydrogen (secondary N) is 1. The zero-order chi connectivity index (χ0) is 24.2. The van der Waals surface area contributed by atoms with Crippen LogP contribution in [0, 0.1) is 12.8 Å². The van der Waals surface area contributed by atoms with Crippen molar-refractivity contribution in [2.75, 3.05) is 18.4 Å². The number of fused-ring (bicyclic) bond motifs is 1. The Balaban J connectivity index is 1.26. The summed E-state index contributed by atoms with van der Waals surface area (Å²) in [5, 5.41) is 2.91. The van der Waals surface area contributed by atoms with Crippen LogP contribution < -0.4 is 5.32 Å². The highest BCUT2D eigenvalue weighted by molar-refractivity contribution is 5.92. The number of aromatic nitrogens is 3. The third kappa shape index (κ3) is 5.09. The van der Waals surface area contributed by atoms with Crippen molar-refractivity contribution >= 4 is 28.7 Å². The Bertz CT molecular complexity index is 1350. The first-order valence-electron chi connectivity index (χ1n) is 12.1. The summed E-state index contributed by atoms with van der Waals surface area (Å²) in [6, 6.07) is 23.7. The fourth-order valence-corrected chi connectivity index (χ4v) is 4.74. The molecule has 2 aromatic carbocycles.